The highest BCUT2D eigenvalue weighted by molar-refractivity contribution is 5.96. The molecular formula is C24H26N2O4. The first kappa shape index (κ1) is 21.5. The number of ether oxygens (including phenoxy) is 1. The molecule has 0 aromatic carbocycles. The maximum absolute atomic E-state index is 11.9. The Morgan fingerprint density at radius 1 is 1.03 bits per heavy atom. The molecule has 0 radical (unpaired) electrons. The van der Waals surface area contributed by atoms with E-state index < -0.39 is 0 Å². The fourth-order valence-corrected chi connectivity index (χ4v) is 3.82. The topological polar surface area (TPSA) is 89.1 Å². The summed E-state index contributed by atoms with van der Waals surface area (Å²) < 4.78 is 5.51. The molecule has 4 rings (SSSR count). The van der Waals surface area contributed by atoms with Crippen molar-refractivity contribution in [3.8, 4) is 18.1 Å². The van der Waals surface area contributed by atoms with Gasteiger partial charge in [0.25, 0.3) is 0 Å². The van der Waals surface area contributed by atoms with Crippen LogP contribution >= 0.6 is 0 Å². The van der Waals surface area contributed by atoms with E-state index in [0.29, 0.717) is 29.8 Å². The Morgan fingerprint density at radius 2 is 1.70 bits per heavy atom. The smallest absolute Gasteiger partial charge is 0.185 e. The Morgan fingerprint density at radius 3 is 2.43 bits per heavy atom. The van der Waals surface area contributed by atoms with Crippen LogP contribution in [0.25, 0.3) is 0 Å². The predicted octanol–water partition coefficient (Wildman–Crippen LogP) is 3.60. The average Bonchev–Trinajstić information content (AvgIpc) is 3.04. The lowest BCUT2D eigenvalue weighted by atomic mass is 10.1. The van der Waals surface area contributed by atoms with Crippen LogP contribution in [0, 0.1) is 19.3 Å². The molecule has 0 bridgehead atoms. The van der Waals surface area contributed by atoms with Crippen LogP contribution in [-0.2, 0) is 12.8 Å². The molecule has 2 aromatic heterocycles. The summed E-state index contributed by atoms with van der Waals surface area (Å²) in [6, 6.07) is 3.34. The van der Waals surface area contributed by atoms with Crippen molar-refractivity contribution in [3.63, 3.8) is 0 Å². The third-order valence-corrected chi connectivity index (χ3v) is 5.29. The van der Waals surface area contributed by atoms with Gasteiger partial charge in [0.15, 0.2) is 17.0 Å². The third kappa shape index (κ3) is 5.04. The van der Waals surface area contributed by atoms with Crippen LogP contribution in [0.1, 0.15) is 76.3 Å². The third-order valence-electron chi connectivity index (χ3n) is 5.29. The molecule has 0 atom stereocenters. The minimum absolute atomic E-state index is 0.0102. The summed E-state index contributed by atoms with van der Waals surface area (Å²) in [6.45, 7) is 2.09. The predicted molar refractivity (Wildman–Crippen MR) is 114 cm³/mol. The molecule has 156 valence electrons. The number of hydrogen-bond acceptors (Lipinski definition) is 5. The second-order valence-electron chi connectivity index (χ2n) is 7.54. The Bertz CT molecular complexity index is 1050. The molecule has 6 nitrogen and oxygen atoms in total. The summed E-state index contributed by atoms with van der Waals surface area (Å²) in [4.78, 5) is 42.0. The van der Waals surface area contributed by atoms with E-state index in [-0.39, 0.29) is 23.6 Å². The number of pyridine rings is 2. The fourth-order valence-electron chi connectivity index (χ4n) is 3.82. The first-order valence-electron chi connectivity index (χ1n) is 10.3. The van der Waals surface area contributed by atoms with E-state index in [1.54, 1.807) is 6.20 Å². The molecule has 2 aliphatic rings. The first-order chi connectivity index (χ1) is 14.5. The Labute approximate surface area is 176 Å². The Kier molecular flexibility index (Phi) is 7.18. The zero-order valence-electron chi connectivity index (χ0n) is 17.3. The number of ketones is 2. The molecule has 0 saturated heterocycles. The van der Waals surface area contributed by atoms with E-state index in [1.165, 1.54) is 6.07 Å². The number of carbonyl (C=O) groups excluding carboxylic acids is 2. The molecule has 0 spiro atoms. The summed E-state index contributed by atoms with van der Waals surface area (Å²) in [7, 11) is 0. The van der Waals surface area contributed by atoms with Gasteiger partial charge in [-0.1, -0.05) is 5.92 Å². The standard InChI is InChI=1S/C14H15NO2.C10H11NO2/c1-3-8-17-13-9-10(2)15-14-11(13)6-4-5-7-12(14)16;12-8-5-6-11-10-7(8)3-1-2-4-9(10)13/h1,9H,4-8H2,2H3;5-6H,1-4H2,(H,11,12). The number of rotatable bonds is 2. The minimum atomic E-state index is -0.0102. The van der Waals surface area contributed by atoms with Gasteiger partial charge >= 0.3 is 0 Å². The average molecular weight is 406 g/mol. The number of aromatic amines is 1. The van der Waals surface area contributed by atoms with Gasteiger partial charge in [0.2, 0.25) is 0 Å². The highest BCUT2D eigenvalue weighted by Crippen LogP contribution is 2.28. The molecule has 0 unspecified atom stereocenters. The monoisotopic (exact) mass is 406 g/mol. The summed E-state index contributed by atoms with van der Waals surface area (Å²) >= 11 is 0. The molecule has 2 aliphatic carbocycles. The molecular weight excluding hydrogens is 380 g/mol. The quantitative estimate of drug-likeness (QED) is 0.608. The number of H-pyrrole nitrogens is 1. The Hall–Kier alpha value is -3.20. The van der Waals surface area contributed by atoms with Crippen molar-refractivity contribution < 1.29 is 14.3 Å². The van der Waals surface area contributed by atoms with E-state index in [1.807, 2.05) is 13.0 Å². The lowest BCUT2D eigenvalue weighted by Crippen LogP contribution is -2.14. The van der Waals surface area contributed by atoms with Crippen molar-refractivity contribution in [1.29, 1.82) is 0 Å². The van der Waals surface area contributed by atoms with Gasteiger partial charge in [0.05, 0.1) is 5.69 Å². The lowest BCUT2D eigenvalue weighted by Gasteiger charge is -2.12. The largest absolute Gasteiger partial charge is 0.481 e. The minimum Gasteiger partial charge on any atom is -0.481 e. The van der Waals surface area contributed by atoms with Crippen LogP contribution in [0.3, 0.4) is 0 Å². The molecule has 0 amide bonds. The number of aromatic nitrogens is 2. The maximum atomic E-state index is 11.9. The van der Waals surface area contributed by atoms with E-state index in [4.69, 9.17) is 11.2 Å². The summed E-state index contributed by atoms with van der Waals surface area (Å²) in [5.41, 5.74) is 3.49. The molecule has 30 heavy (non-hydrogen) atoms. The van der Waals surface area contributed by atoms with Crippen LogP contribution in [0.5, 0.6) is 5.75 Å². The summed E-state index contributed by atoms with van der Waals surface area (Å²) in [6.07, 6.45) is 13.2. The normalized spacial score (nSPS) is 15.5. The molecule has 1 N–H and O–H groups in total. The number of aryl methyl sites for hydroxylation is 1. The van der Waals surface area contributed by atoms with Gasteiger partial charge in [-0.3, -0.25) is 14.4 Å². The summed E-state index contributed by atoms with van der Waals surface area (Å²) in [5, 5.41) is 0. The number of nitrogens with one attached hydrogen (secondary N) is 1. The SMILES string of the molecule is C#CCOc1cc(C)nc2c1CCCCC2=O.O=C1CCCCc2c1[nH]ccc2=O. The number of carbonyl (C=O) groups is 2. The van der Waals surface area contributed by atoms with Gasteiger partial charge in [-0.05, 0) is 45.4 Å². The molecule has 0 aliphatic heterocycles. The van der Waals surface area contributed by atoms with Gasteiger partial charge in [-0.25, -0.2) is 4.98 Å². The van der Waals surface area contributed by atoms with Crippen molar-refractivity contribution in [2.75, 3.05) is 6.61 Å². The van der Waals surface area contributed by atoms with Crippen LogP contribution in [0.2, 0.25) is 0 Å². The number of nitrogens with zero attached hydrogens (tertiary/aromatic N) is 1. The van der Waals surface area contributed by atoms with Gasteiger partial charge in [0.1, 0.15) is 18.1 Å². The van der Waals surface area contributed by atoms with E-state index in [0.717, 1.165) is 55.5 Å². The maximum Gasteiger partial charge on any atom is 0.185 e. The van der Waals surface area contributed by atoms with Crippen molar-refractivity contribution in [3.05, 3.63) is 56.8 Å². The van der Waals surface area contributed by atoms with Crippen molar-refractivity contribution in [2.45, 2.75) is 58.3 Å². The molecule has 2 heterocycles. The zero-order valence-corrected chi connectivity index (χ0v) is 17.3. The van der Waals surface area contributed by atoms with Crippen molar-refractivity contribution in [1.82, 2.24) is 9.97 Å². The van der Waals surface area contributed by atoms with E-state index in [9.17, 15) is 14.4 Å². The van der Waals surface area contributed by atoms with E-state index >= 15 is 0 Å². The molecule has 2 aromatic rings. The molecule has 6 heteroatoms. The second-order valence-corrected chi connectivity index (χ2v) is 7.54. The number of fused-ring (bicyclic) bond motifs is 2. The Balaban J connectivity index is 0.000000177. The first-order valence-corrected chi connectivity index (χ1v) is 10.3. The van der Waals surface area contributed by atoms with Gasteiger partial charge in [0, 0.05) is 48.0 Å². The van der Waals surface area contributed by atoms with Crippen LogP contribution in [0.15, 0.2) is 23.1 Å². The van der Waals surface area contributed by atoms with Crippen molar-refractivity contribution in [2.24, 2.45) is 0 Å². The van der Waals surface area contributed by atoms with Gasteiger partial charge in [-0.2, -0.15) is 0 Å². The van der Waals surface area contributed by atoms with Crippen LogP contribution in [0.4, 0.5) is 0 Å². The van der Waals surface area contributed by atoms with Crippen LogP contribution < -0.4 is 10.2 Å². The highest BCUT2D eigenvalue weighted by Gasteiger charge is 2.21. The van der Waals surface area contributed by atoms with E-state index in [2.05, 4.69) is 15.9 Å². The molecule has 0 saturated carbocycles. The lowest BCUT2D eigenvalue weighted by molar-refractivity contribution is 0.0969. The number of terminal acetylenes is 1. The second kappa shape index (κ2) is 10.0. The van der Waals surface area contributed by atoms with Crippen LogP contribution in [-0.4, -0.2) is 28.1 Å². The number of Topliss-reactive ketones (excluding diaryl/α,β-unsaturated/α-hetero) is 2. The number of hydrogen-bond donors (Lipinski definition) is 1. The fraction of sp³-hybridized carbons (Fsp3) is 0.417. The van der Waals surface area contributed by atoms with Gasteiger partial charge in [-0.15, -0.1) is 6.42 Å². The van der Waals surface area contributed by atoms with Gasteiger partial charge < -0.3 is 9.72 Å². The zero-order chi connectivity index (χ0) is 21.5. The summed E-state index contributed by atoms with van der Waals surface area (Å²) in [5.74, 6) is 3.36. The highest BCUT2D eigenvalue weighted by atomic mass is 16.5. The van der Waals surface area contributed by atoms with Crippen molar-refractivity contribution >= 4 is 11.6 Å². The molecule has 0 fully saturated rings.